The summed E-state index contributed by atoms with van der Waals surface area (Å²) in [6, 6.07) is 0. The van der Waals surface area contributed by atoms with Gasteiger partial charge in [-0.05, 0) is 60.2 Å². The van der Waals surface area contributed by atoms with Gasteiger partial charge in [0.15, 0.2) is 0 Å². The molecule has 0 N–H and O–H groups in total. The summed E-state index contributed by atoms with van der Waals surface area (Å²) in [6.07, 6.45) is 10.9. The van der Waals surface area contributed by atoms with Crippen LogP contribution in [0.3, 0.4) is 0 Å². The van der Waals surface area contributed by atoms with E-state index in [2.05, 4.69) is 33.4 Å². The number of rotatable bonds is 1. The normalized spacial score (nSPS) is 62.1. The Labute approximate surface area is 94.1 Å². The number of allylic oxidation sites excluding steroid dienone is 1. The first-order valence-corrected chi connectivity index (χ1v) is 6.44. The van der Waals surface area contributed by atoms with E-state index in [0.29, 0.717) is 21.7 Å². The van der Waals surface area contributed by atoms with Gasteiger partial charge >= 0.3 is 0 Å². The van der Waals surface area contributed by atoms with Crippen molar-refractivity contribution < 1.29 is 0 Å². The average Bonchev–Trinajstić information content (AvgIpc) is 1.94. The van der Waals surface area contributed by atoms with Gasteiger partial charge in [-0.25, -0.2) is 0 Å². The van der Waals surface area contributed by atoms with E-state index in [4.69, 9.17) is 0 Å². The smallest absolute Gasteiger partial charge is 0.0105 e. The lowest BCUT2D eigenvalue weighted by Gasteiger charge is -2.68. The van der Waals surface area contributed by atoms with E-state index in [-0.39, 0.29) is 0 Å². The Bertz CT molecular complexity index is 271. The summed E-state index contributed by atoms with van der Waals surface area (Å²) in [5, 5.41) is 0. The summed E-state index contributed by atoms with van der Waals surface area (Å²) < 4.78 is 0. The monoisotopic (exact) mass is 204 g/mol. The molecule has 0 heteroatoms. The standard InChI is InChI=1S/C15H24/c1-5-15-9-12(2)6-13(3,10-15)8-14(4,7-12)11-15/h5H,1,6-11H2,2-4H3. The Balaban J connectivity index is 2.10. The van der Waals surface area contributed by atoms with Crippen molar-refractivity contribution in [1.29, 1.82) is 0 Å². The molecule has 0 atom stereocenters. The Morgan fingerprint density at radius 1 is 0.733 bits per heavy atom. The molecule has 4 saturated carbocycles. The third kappa shape index (κ3) is 1.26. The van der Waals surface area contributed by atoms with Gasteiger partial charge in [-0.3, -0.25) is 0 Å². The highest BCUT2D eigenvalue weighted by Crippen LogP contribution is 2.73. The SMILES string of the molecule is C=CC12CC3(C)CC(C)(CC(C)(C3)C1)C2. The summed E-state index contributed by atoms with van der Waals surface area (Å²) in [7, 11) is 0. The fourth-order valence-corrected chi connectivity index (χ4v) is 6.61. The van der Waals surface area contributed by atoms with Crippen molar-refractivity contribution in [2.45, 2.75) is 59.3 Å². The molecule has 0 saturated heterocycles. The molecule has 4 aliphatic carbocycles. The molecular weight excluding hydrogens is 180 g/mol. The molecule has 4 rings (SSSR count). The summed E-state index contributed by atoms with van der Waals surface area (Å²) >= 11 is 0. The quantitative estimate of drug-likeness (QED) is 0.549. The van der Waals surface area contributed by atoms with Gasteiger partial charge in [0.05, 0.1) is 0 Å². The maximum atomic E-state index is 4.14. The van der Waals surface area contributed by atoms with Crippen LogP contribution in [0.2, 0.25) is 0 Å². The van der Waals surface area contributed by atoms with Crippen LogP contribution in [0.5, 0.6) is 0 Å². The summed E-state index contributed by atoms with van der Waals surface area (Å²) in [4.78, 5) is 0. The van der Waals surface area contributed by atoms with Gasteiger partial charge in [0.25, 0.3) is 0 Å². The first-order valence-electron chi connectivity index (χ1n) is 6.44. The second-order valence-electron chi connectivity index (χ2n) is 8.06. The maximum absolute atomic E-state index is 4.14. The molecular formula is C15H24. The zero-order valence-electron chi connectivity index (χ0n) is 10.5. The van der Waals surface area contributed by atoms with Crippen molar-refractivity contribution in [3.05, 3.63) is 12.7 Å². The van der Waals surface area contributed by atoms with Crippen LogP contribution < -0.4 is 0 Å². The van der Waals surface area contributed by atoms with Gasteiger partial charge in [0, 0.05) is 0 Å². The van der Waals surface area contributed by atoms with Crippen molar-refractivity contribution in [2.75, 3.05) is 0 Å². The molecule has 4 aliphatic rings. The summed E-state index contributed by atoms with van der Waals surface area (Å²) in [5.74, 6) is 0. The third-order valence-corrected chi connectivity index (χ3v) is 5.33. The minimum Gasteiger partial charge on any atom is -0.103 e. The lowest BCUT2D eigenvalue weighted by atomic mass is 9.36. The van der Waals surface area contributed by atoms with E-state index in [9.17, 15) is 0 Å². The first kappa shape index (κ1) is 9.93. The van der Waals surface area contributed by atoms with Crippen LogP contribution in [0.4, 0.5) is 0 Å². The lowest BCUT2D eigenvalue weighted by Crippen LogP contribution is -2.58. The summed E-state index contributed by atoms with van der Waals surface area (Å²) in [6.45, 7) is 11.7. The Kier molecular flexibility index (Phi) is 1.56. The highest BCUT2D eigenvalue weighted by Gasteiger charge is 2.62. The van der Waals surface area contributed by atoms with Crippen LogP contribution in [0.1, 0.15) is 59.3 Å². The van der Waals surface area contributed by atoms with Gasteiger partial charge in [-0.1, -0.05) is 26.8 Å². The van der Waals surface area contributed by atoms with Crippen LogP contribution in [-0.4, -0.2) is 0 Å². The molecule has 0 amide bonds. The number of hydrogen-bond acceptors (Lipinski definition) is 0. The van der Waals surface area contributed by atoms with Crippen molar-refractivity contribution >= 4 is 0 Å². The minimum atomic E-state index is 0.493. The Morgan fingerprint density at radius 3 is 1.33 bits per heavy atom. The van der Waals surface area contributed by atoms with Crippen LogP contribution in [0, 0.1) is 21.7 Å². The molecule has 0 nitrogen and oxygen atoms in total. The summed E-state index contributed by atoms with van der Waals surface area (Å²) in [5.41, 5.74) is 2.35. The third-order valence-electron chi connectivity index (χ3n) is 5.33. The van der Waals surface area contributed by atoms with E-state index in [0.717, 1.165) is 0 Å². The largest absolute Gasteiger partial charge is 0.103 e. The van der Waals surface area contributed by atoms with E-state index >= 15 is 0 Å². The second kappa shape index (κ2) is 2.36. The zero-order chi connectivity index (χ0) is 10.9. The molecule has 4 fully saturated rings. The van der Waals surface area contributed by atoms with Crippen LogP contribution >= 0.6 is 0 Å². The van der Waals surface area contributed by atoms with E-state index in [1.807, 2.05) is 0 Å². The Morgan fingerprint density at radius 2 is 1.07 bits per heavy atom. The van der Waals surface area contributed by atoms with E-state index < -0.39 is 0 Å². The van der Waals surface area contributed by atoms with Gasteiger partial charge in [-0.15, -0.1) is 6.58 Å². The molecule has 0 spiro atoms. The average molecular weight is 204 g/mol. The topological polar surface area (TPSA) is 0 Å². The van der Waals surface area contributed by atoms with Gasteiger partial charge < -0.3 is 0 Å². The zero-order valence-corrected chi connectivity index (χ0v) is 10.5. The van der Waals surface area contributed by atoms with E-state index in [1.165, 1.54) is 38.5 Å². The molecule has 0 aromatic heterocycles. The highest BCUT2D eigenvalue weighted by molar-refractivity contribution is 5.18. The molecule has 0 aromatic carbocycles. The fraction of sp³-hybridized carbons (Fsp3) is 0.867. The molecule has 15 heavy (non-hydrogen) atoms. The minimum absolute atomic E-state index is 0.493. The van der Waals surface area contributed by atoms with Crippen molar-refractivity contribution in [3.63, 3.8) is 0 Å². The van der Waals surface area contributed by atoms with Crippen molar-refractivity contribution in [1.82, 2.24) is 0 Å². The molecule has 0 aromatic rings. The molecule has 84 valence electrons. The fourth-order valence-electron chi connectivity index (χ4n) is 6.61. The lowest BCUT2D eigenvalue weighted by molar-refractivity contribution is -0.165. The van der Waals surface area contributed by atoms with E-state index in [1.54, 1.807) is 0 Å². The molecule has 0 heterocycles. The van der Waals surface area contributed by atoms with Crippen LogP contribution in [-0.2, 0) is 0 Å². The highest BCUT2D eigenvalue weighted by atomic mass is 14.7. The van der Waals surface area contributed by atoms with Gasteiger partial charge in [-0.2, -0.15) is 0 Å². The van der Waals surface area contributed by atoms with Gasteiger partial charge in [0.2, 0.25) is 0 Å². The molecule has 0 unspecified atom stereocenters. The predicted octanol–water partition coefficient (Wildman–Crippen LogP) is 4.56. The van der Waals surface area contributed by atoms with Crippen LogP contribution in [0.25, 0.3) is 0 Å². The molecule has 0 radical (unpaired) electrons. The molecule has 4 bridgehead atoms. The second-order valence-corrected chi connectivity index (χ2v) is 8.06. The van der Waals surface area contributed by atoms with Crippen LogP contribution in [0.15, 0.2) is 12.7 Å². The number of hydrogen-bond donors (Lipinski definition) is 0. The Hall–Kier alpha value is -0.260. The predicted molar refractivity (Wildman–Crippen MR) is 64.7 cm³/mol. The van der Waals surface area contributed by atoms with Crippen molar-refractivity contribution in [3.8, 4) is 0 Å². The molecule has 0 aliphatic heterocycles. The van der Waals surface area contributed by atoms with Crippen molar-refractivity contribution in [2.24, 2.45) is 21.7 Å². The van der Waals surface area contributed by atoms with Gasteiger partial charge in [0.1, 0.15) is 0 Å². The first-order chi connectivity index (χ1) is 6.80. The maximum Gasteiger partial charge on any atom is -0.0105 e.